The SMILES string of the molecule is Cc1cc(/C(=N/NC(C)OC(=O)OCC(C)(C)C(=O)O)C(=N)C#N)cc(-c2ccc(C(F)(F)F)nc2)c1. The van der Waals surface area contributed by atoms with E-state index in [9.17, 15) is 28.0 Å². The van der Waals surface area contributed by atoms with Crippen LogP contribution in [-0.2, 0) is 20.4 Å². The van der Waals surface area contributed by atoms with Gasteiger partial charge in [-0.25, -0.2) is 4.79 Å². The van der Waals surface area contributed by atoms with Gasteiger partial charge in [0.1, 0.15) is 24.1 Å². The lowest BCUT2D eigenvalue weighted by molar-refractivity contribution is -0.149. The first-order valence-corrected chi connectivity index (χ1v) is 10.7. The van der Waals surface area contributed by atoms with E-state index in [4.69, 9.17) is 20.0 Å². The zero-order valence-electron chi connectivity index (χ0n) is 20.3. The number of nitrogens with zero attached hydrogens (tertiary/aromatic N) is 3. The number of nitrogens with one attached hydrogen (secondary N) is 2. The molecule has 2 rings (SSSR count). The zero-order chi connectivity index (χ0) is 28.0. The van der Waals surface area contributed by atoms with Crippen molar-refractivity contribution in [2.45, 2.75) is 40.1 Å². The summed E-state index contributed by atoms with van der Waals surface area (Å²) in [6.07, 6.45) is -5.76. The molecule has 0 saturated carbocycles. The first kappa shape index (κ1) is 28.8. The van der Waals surface area contributed by atoms with Crippen LogP contribution < -0.4 is 5.43 Å². The molecule has 10 nitrogen and oxygen atoms in total. The summed E-state index contributed by atoms with van der Waals surface area (Å²) in [5.74, 6) is -1.17. The van der Waals surface area contributed by atoms with Gasteiger partial charge in [0.25, 0.3) is 0 Å². The van der Waals surface area contributed by atoms with Crippen LogP contribution in [0.15, 0.2) is 41.6 Å². The summed E-state index contributed by atoms with van der Waals surface area (Å²) in [6.45, 7) is 5.39. The molecule has 0 aliphatic rings. The first-order valence-electron chi connectivity index (χ1n) is 10.7. The first-order chi connectivity index (χ1) is 17.1. The minimum atomic E-state index is -4.58. The third kappa shape index (κ3) is 8.03. The molecule has 1 atom stereocenters. The van der Waals surface area contributed by atoms with Crippen LogP contribution in [0.25, 0.3) is 11.1 Å². The van der Waals surface area contributed by atoms with Crippen molar-refractivity contribution in [3.8, 4) is 17.2 Å². The van der Waals surface area contributed by atoms with Crippen LogP contribution in [0.3, 0.4) is 0 Å². The number of nitriles is 1. The lowest BCUT2D eigenvalue weighted by atomic mass is 9.95. The quantitative estimate of drug-likeness (QED) is 0.189. The number of rotatable bonds is 9. The Hall–Kier alpha value is -4.47. The number of aryl methyl sites for hydroxylation is 1. The summed E-state index contributed by atoms with van der Waals surface area (Å²) in [5, 5.41) is 30.3. The second kappa shape index (κ2) is 11.5. The highest BCUT2D eigenvalue weighted by atomic mass is 19.4. The molecule has 1 heterocycles. The van der Waals surface area contributed by atoms with Gasteiger partial charge in [-0.2, -0.15) is 23.5 Å². The fourth-order valence-corrected chi connectivity index (χ4v) is 2.80. The number of aromatic nitrogens is 1. The van der Waals surface area contributed by atoms with E-state index in [1.54, 1.807) is 25.1 Å². The number of ether oxygens (including phenoxy) is 2. The third-order valence-electron chi connectivity index (χ3n) is 4.85. The molecule has 37 heavy (non-hydrogen) atoms. The van der Waals surface area contributed by atoms with Crippen LogP contribution in [-0.4, -0.2) is 46.5 Å². The maximum Gasteiger partial charge on any atom is 0.510 e. The second-order valence-corrected chi connectivity index (χ2v) is 8.58. The number of hydrazone groups is 1. The summed E-state index contributed by atoms with van der Waals surface area (Å²) in [7, 11) is 0. The van der Waals surface area contributed by atoms with E-state index in [1.807, 2.05) is 0 Å². The van der Waals surface area contributed by atoms with Gasteiger partial charge >= 0.3 is 18.3 Å². The van der Waals surface area contributed by atoms with Crippen LogP contribution in [0, 0.1) is 29.1 Å². The van der Waals surface area contributed by atoms with Gasteiger partial charge in [-0.3, -0.25) is 20.6 Å². The van der Waals surface area contributed by atoms with E-state index in [2.05, 4.69) is 15.5 Å². The highest BCUT2D eigenvalue weighted by Gasteiger charge is 2.32. The predicted molar refractivity (Wildman–Crippen MR) is 126 cm³/mol. The van der Waals surface area contributed by atoms with Crippen molar-refractivity contribution in [2.75, 3.05) is 6.61 Å². The van der Waals surface area contributed by atoms with E-state index in [0.29, 0.717) is 22.3 Å². The van der Waals surface area contributed by atoms with Crippen molar-refractivity contribution in [1.29, 1.82) is 10.7 Å². The van der Waals surface area contributed by atoms with Crippen LogP contribution in [0.2, 0.25) is 0 Å². The summed E-state index contributed by atoms with van der Waals surface area (Å²) in [4.78, 5) is 26.4. The van der Waals surface area contributed by atoms with Crippen molar-refractivity contribution < 1.29 is 37.3 Å². The highest BCUT2D eigenvalue weighted by molar-refractivity contribution is 6.52. The molecule has 1 aromatic carbocycles. The van der Waals surface area contributed by atoms with Crippen LogP contribution in [0.1, 0.15) is 37.6 Å². The molecule has 1 unspecified atom stereocenters. The molecule has 0 aliphatic carbocycles. The predicted octanol–water partition coefficient (Wildman–Crippen LogP) is 4.52. The van der Waals surface area contributed by atoms with Gasteiger partial charge in [-0.1, -0.05) is 12.1 Å². The molecular formula is C24H24F3N5O5. The van der Waals surface area contributed by atoms with Crippen LogP contribution in [0.4, 0.5) is 18.0 Å². The molecule has 13 heteroatoms. The standard InChI is InChI=1S/C24H24F3N5O5/c1-13-7-16(15-5-6-19(30-11-15)24(25,26)27)9-17(8-13)20(18(29)10-28)32-31-14(2)37-22(35)36-12-23(3,4)21(33)34/h5-9,11,14,29,31H,12H2,1-4H3,(H,33,34)/b29-18?,32-20-. The Balaban J connectivity index is 2.24. The summed E-state index contributed by atoms with van der Waals surface area (Å²) in [6, 6.07) is 8.60. The Bertz CT molecular complexity index is 1250. The Morgan fingerprint density at radius 2 is 1.92 bits per heavy atom. The summed E-state index contributed by atoms with van der Waals surface area (Å²) in [5.41, 5.74) is 1.26. The molecule has 196 valence electrons. The Labute approximate surface area is 210 Å². The maximum atomic E-state index is 12.8. The van der Waals surface area contributed by atoms with E-state index in [1.165, 1.54) is 32.9 Å². The number of aliphatic carboxylic acids is 1. The van der Waals surface area contributed by atoms with E-state index < -0.39 is 48.0 Å². The minimum absolute atomic E-state index is 0.122. The number of carboxylic acid groups (broad SMARTS) is 1. The summed E-state index contributed by atoms with van der Waals surface area (Å²) >= 11 is 0. The van der Waals surface area contributed by atoms with Crippen molar-refractivity contribution in [3.05, 3.63) is 53.3 Å². The molecular weight excluding hydrogens is 495 g/mol. The van der Waals surface area contributed by atoms with Crippen molar-refractivity contribution in [2.24, 2.45) is 10.5 Å². The van der Waals surface area contributed by atoms with E-state index in [0.717, 1.165) is 12.3 Å². The number of alkyl halides is 3. The largest absolute Gasteiger partial charge is 0.510 e. The van der Waals surface area contributed by atoms with Gasteiger partial charge in [0.2, 0.25) is 0 Å². The fourth-order valence-electron chi connectivity index (χ4n) is 2.80. The van der Waals surface area contributed by atoms with Gasteiger partial charge in [-0.15, -0.1) is 0 Å². The monoisotopic (exact) mass is 519 g/mol. The lowest BCUT2D eigenvalue weighted by Crippen LogP contribution is -2.33. The number of carboxylic acids is 1. The van der Waals surface area contributed by atoms with Gasteiger partial charge in [0.05, 0.1) is 5.41 Å². The Morgan fingerprint density at radius 1 is 1.24 bits per heavy atom. The van der Waals surface area contributed by atoms with E-state index >= 15 is 0 Å². The Morgan fingerprint density at radius 3 is 2.46 bits per heavy atom. The minimum Gasteiger partial charge on any atom is -0.481 e. The molecule has 0 radical (unpaired) electrons. The molecule has 0 amide bonds. The molecule has 0 aliphatic heterocycles. The van der Waals surface area contributed by atoms with Gasteiger partial charge in [0, 0.05) is 17.3 Å². The maximum absolute atomic E-state index is 12.8. The molecule has 0 spiro atoms. The number of halogens is 3. The molecule has 1 aromatic heterocycles. The fraction of sp³-hybridized carbons (Fsp3) is 0.333. The molecule has 0 bridgehead atoms. The molecule has 0 fully saturated rings. The van der Waals surface area contributed by atoms with Gasteiger partial charge in [0.15, 0.2) is 11.9 Å². The number of hydrogen-bond donors (Lipinski definition) is 3. The van der Waals surface area contributed by atoms with Crippen molar-refractivity contribution >= 4 is 23.5 Å². The van der Waals surface area contributed by atoms with Crippen molar-refractivity contribution in [1.82, 2.24) is 10.4 Å². The number of carbonyl (C=O) groups excluding carboxylic acids is 1. The third-order valence-corrected chi connectivity index (χ3v) is 4.85. The average Bonchev–Trinajstić information content (AvgIpc) is 2.81. The second-order valence-electron chi connectivity index (χ2n) is 8.58. The normalized spacial score (nSPS) is 12.8. The zero-order valence-corrected chi connectivity index (χ0v) is 20.3. The average molecular weight is 519 g/mol. The van der Waals surface area contributed by atoms with Gasteiger partial charge in [-0.05, 0) is 57.0 Å². The van der Waals surface area contributed by atoms with Crippen molar-refractivity contribution in [3.63, 3.8) is 0 Å². The van der Waals surface area contributed by atoms with Crippen LogP contribution >= 0.6 is 0 Å². The summed E-state index contributed by atoms with van der Waals surface area (Å²) < 4.78 is 48.3. The van der Waals surface area contributed by atoms with Gasteiger partial charge < -0.3 is 14.6 Å². The number of hydrogen-bond acceptors (Lipinski definition) is 9. The molecule has 0 saturated heterocycles. The lowest BCUT2D eigenvalue weighted by Gasteiger charge is -2.19. The number of benzene rings is 1. The van der Waals surface area contributed by atoms with Crippen LogP contribution in [0.5, 0.6) is 0 Å². The number of pyridine rings is 1. The smallest absolute Gasteiger partial charge is 0.481 e. The molecule has 2 aromatic rings. The topological polar surface area (TPSA) is 158 Å². The van der Waals surface area contributed by atoms with E-state index in [-0.39, 0.29) is 5.71 Å². The molecule has 3 N–H and O–H groups in total. The Kier molecular flexibility index (Phi) is 8.95. The highest BCUT2D eigenvalue weighted by Crippen LogP contribution is 2.29. The number of carbonyl (C=O) groups is 2.